The number of hydrogen-bond acceptors (Lipinski definition) is 3. The van der Waals surface area contributed by atoms with Crippen molar-refractivity contribution in [1.82, 2.24) is 4.98 Å². The van der Waals surface area contributed by atoms with Gasteiger partial charge in [-0.2, -0.15) is 0 Å². The predicted octanol–water partition coefficient (Wildman–Crippen LogP) is 1.61. The number of nitrogens with zero attached hydrogens (tertiary/aromatic N) is 1. The number of aryl methyl sites for hydroxylation is 1. The minimum atomic E-state index is -0.0738. The van der Waals surface area contributed by atoms with Crippen molar-refractivity contribution in [1.29, 1.82) is 0 Å². The summed E-state index contributed by atoms with van der Waals surface area (Å²) in [5.74, 6) is 0.0398. The largest absolute Gasteiger partial charge is 0.506 e. The summed E-state index contributed by atoms with van der Waals surface area (Å²) >= 11 is 0. The molecule has 1 heterocycles. The molecule has 0 atom stereocenters. The van der Waals surface area contributed by atoms with E-state index >= 15 is 0 Å². The summed E-state index contributed by atoms with van der Waals surface area (Å²) in [6, 6.07) is 0. The van der Waals surface area contributed by atoms with Gasteiger partial charge in [-0.3, -0.25) is 9.78 Å². The highest BCUT2D eigenvalue weighted by molar-refractivity contribution is 5.95. The predicted molar refractivity (Wildman–Crippen MR) is 45.4 cm³/mol. The van der Waals surface area contributed by atoms with Gasteiger partial charge in [0.25, 0.3) is 0 Å². The van der Waals surface area contributed by atoms with Crippen LogP contribution in [-0.4, -0.2) is 15.9 Å². The van der Waals surface area contributed by atoms with Crippen LogP contribution in [0.3, 0.4) is 0 Å². The zero-order chi connectivity index (χ0) is 9.30. The van der Waals surface area contributed by atoms with Crippen molar-refractivity contribution in [3.05, 3.63) is 23.0 Å². The first-order valence-electron chi connectivity index (χ1n) is 3.70. The van der Waals surface area contributed by atoms with Gasteiger partial charge >= 0.3 is 0 Å². The standard InChI is InChI=1S/C9H11NO2/c1-5-8(7(3)11)4-10-6(2)9(5)12/h4,12H,1-3H3. The third-order valence-electron chi connectivity index (χ3n) is 1.87. The molecule has 3 nitrogen and oxygen atoms in total. The lowest BCUT2D eigenvalue weighted by atomic mass is 10.1. The van der Waals surface area contributed by atoms with Gasteiger partial charge in [-0.15, -0.1) is 0 Å². The van der Waals surface area contributed by atoms with Gasteiger partial charge in [0.15, 0.2) is 5.78 Å². The van der Waals surface area contributed by atoms with Crippen molar-refractivity contribution in [3.8, 4) is 5.75 Å². The molecule has 0 bridgehead atoms. The number of carbonyl (C=O) groups is 1. The Labute approximate surface area is 71.1 Å². The number of hydrogen-bond donors (Lipinski definition) is 1. The minimum absolute atomic E-state index is 0.0738. The van der Waals surface area contributed by atoms with E-state index in [1.807, 2.05) is 0 Å². The van der Waals surface area contributed by atoms with Crippen molar-refractivity contribution in [2.45, 2.75) is 20.8 Å². The molecule has 12 heavy (non-hydrogen) atoms. The normalized spacial score (nSPS) is 9.92. The molecular weight excluding hydrogens is 154 g/mol. The SMILES string of the molecule is CC(=O)c1cnc(C)c(O)c1C. The Bertz CT molecular complexity index is 332. The Morgan fingerprint density at radius 1 is 1.50 bits per heavy atom. The summed E-state index contributed by atoms with van der Waals surface area (Å²) in [6.45, 7) is 4.87. The number of pyridine rings is 1. The molecule has 0 saturated heterocycles. The molecule has 0 saturated carbocycles. The van der Waals surface area contributed by atoms with Crippen molar-refractivity contribution < 1.29 is 9.90 Å². The Balaban J connectivity index is 3.36. The first kappa shape index (κ1) is 8.71. The highest BCUT2D eigenvalue weighted by Crippen LogP contribution is 2.22. The molecule has 0 amide bonds. The van der Waals surface area contributed by atoms with E-state index in [4.69, 9.17) is 0 Å². The molecule has 0 radical (unpaired) electrons. The van der Waals surface area contributed by atoms with Gasteiger partial charge < -0.3 is 5.11 Å². The lowest BCUT2D eigenvalue weighted by Gasteiger charge is -2.05. The summed E-state index contributed by atoms with van der Waals surface area (Å²) in [4.78, 5) is 14.9. The van der Waals surface area contributed by atoms with Crippen LogP contribution in [0.4, 0.5) is 0 Å². The van der Waals surface area contributed by atoms with Crippen LogP contribution in [0.2, 0.25) is 0 Å². The monoisotopic (exact) mass is 165 g/mol. The molecular formula is C9H11NO2. The summed E-state index contributed by atoms with van der Waals surface area (Å²) in [7, 11) is 0. The van der Waals surface area contributed by atoms with Gasteiger partial charge in [0, 0.05) is 17.3 Å². The van der Waals surface area contributed by atoms with Gasteiger partial charge in [0.1, 0.15) is 5.75 Å². The second kappa shape index (κ2) is 2.93. The average molecular weight is 165 g/mol. The molecule has 1 aromatic rings. The molecule has 1 aromatic heterocycles. The summed E-state index contributed by atoms with van der Waals surface area (Å²) in [5, 5.41) is 9.42. The first-order valence-corrected chi connectivity index (χ1v) is 3.70. The van der Waals surface area contributed by atoms with E-state index in [1.165, 1.54) is 13.1 Å². The molecule has 0 aliphatic rings. The van der Waals surface area contributed by atoms with Gasteiger partial charge in [0.2, 0.25) is 0 Å². The fourth-order valence-corrected chi connectivity index (χ4v) is 1.07. The van der Waals surface area contributed by atoms with Crippen LogP contribution in [0.1, 0.15) is 28.5 Å². The number of aromatic hydroxyl groups is 1. The van der Waals surface area contributed by atoms with E-state index in [2.05, 4.69) is 4.98 Å². The van der Waals surface area contributed by atoms with Crippen LogP contribution in [0, 0.1) is 13.8 Å². The Morgan fingerprint density at radius 2 is 2.08 bits per heavy atom. The van der Waals surface area contributed by atoms with Gasteiger partial charge in [0.05, 0.1) is 5.69 Å². The third-order valence-corrected chi connectivity index (χ3v) is 1.87. The number of rotatable bonds is 1. The molecule has 3 heteroatoms. The highest BCUT2D eigenvalue weighted by atomic mass is 16.3. The van der Waals surface area contributed by atoms with Crippen LogP contribution in [0.15, 0.2) is 6.20 Å². The Hall–Kier alpha value is -1.38. The van der Waals surface area contributed by atoms with E-state index < -0.39 is 0 Å². The maximum atomic E-state index is 11.0. The maximum absolute atomic E-state index is 11.0. The molecule has 0 aliphatic carbocycles. The third kappa shape index (κ3) is 1.30. The van der Waals surface area contributed by atoms with Crippen LogP contribution in [-0.2, 0) is 0 Å². The van der Waals surface area contributed by atoms with E-state index in [1.54, 1.807) is 13.8 Å². The van der Waals surface area contributed by atoms with E-state index in [0.29, 0.717) is 16.8 Å². The van der Waals surface area contributed by atoms with Crippen molar-refractivity contribution in [2.24, 2.45) is 0 Å². The van der Waals surface area contributed by atoms with Crippen LogP contribution >= 0.6 is 0 Å². The molecule has 1 N–H and O–H groups in total. The van der Waals surface area contributed by atoms with Gasteiger partial charge in [-0.25, -0.2) is 0 Å². The summed E-state index contributed by atoms with van der Waals surface area (Å²) in [6.07, 6.45) is 1.49. The fourth-order valence-electron chi connectivity index (χ4n) is 1.07. The topological polar surface area (TPSA) is 50.2 Å². The Morgan fingerprint density at radius 3 is 2.58 bits per heavy atom. The number of carbonyl (C=O) groups excluding carboxylic acids is 1. The molecule has 0 aromatic carbocycles. The van der Waals surface area contributed by atoms with E-state index in [9.17, 15) is 9.90 Å². The molecule has 0 fully saturated rings. The van der Waals surface area contributed by atoms with Gasteiger partial charge in [-0.1, -0.05) is 0 Å². The van der Waals surface area contributed by atoms with Crippen molar-refractivity contribution >= 4 is 5.78 Å². The average Bonchev–Trinajstić information content (AvgIpc) is 2.00. The maximum Gasteiger partial charge on any atom is 0.161 e. The Kier molecular flexibility index (Phi) is 2.13. The highest BCUT2D eigenvalue weighted by Gasteiger charge is 2.09. The number of Topliss-reactive ketones (excluding diaryl/α,β-unsaturated/α-hetero) is 1. The number of aromatic nitrogens is 1. The molecule has 64 valence electrons. The fraction of sp³-hybridized carbons (Fsp3) is 0.333. The molecule has 0 spiro atoms. The second-order valence-corrected chi connectivity index (χ2v) is 2.79. The quantitative estimate of drug-likeness (QED) is 0.643. The first-order chi connectivity index (χ1) is 5.54. The molecule has 0 unspecified atom stereocenters. The van der Waals surface area contributed by atoms with Gasteiger partial charge in [-0.05, 0) is 20.8 Å². The lowest BCUT2D eigenvalue weighted by Crippen LogP contribution is -1.99. The van der Waals surface area contributed by atoms with E-state index in [-0.39, 0.29) is 11.5 Å². The zero-order valence-corrected chi connectivity index (χ0v) is 7.38. The van der Waals surface area contributed by atoms with Crippen molar-refractivity contribution in [3.63, 3.8) is 0 Å². The number of ketones is 1. The lowest BCUT2D eigenvalue weighted by molar-refractivity contribution is 0.101. The zero-order valence-electron chi connectivity index (χ0n) is 7.38. The summed E-state index contributed by atoms with van der Waals surface area (Å²) in [5.41, 5.74) is 1.64. The summed E-state index contributed by atoms with van der Waals surface area (Å²) < 4.78 is 0. The van der Waals surface area contributed by atoms with Crippen LogP contribution in [0.5, 0.6) is 5.75 Å². The smallest absolute Gasteiger partial charge is 0.161 e. The van der Waals surface area contributed by atoms with Crippen molar-refractivity contribution in [2.75, 3.05) is 0 Å². The van der Waals surface area contributed by atoms with Crippen LogP contribution < -0.4 is 0 Å². The van der Waals surface area contributed by atoms with E-state index in [0.717, 1.165) is 0 Å². The second-order valence-electron chi connectivity index (χ2n) is 2.79. The molecule has 0 aliphatic heterocycles. The minimum Gasteiger partial charge on any atom is -0.506 e. The van der Waals surface area contributed by atoms with Crippen LogP contribution in [0.25, 0.3) is 0 Å². The molecule has 1 rings (SSSR count).